The fourth-order valence-electron chi connectivity index (χ4n) is 2.96. The molecule has 2 amide bonds. The number of urea groups is 1. The maximum absolute atomic E-state index is 12.9. The highest BCUT2D eigenvalue weighted by Gasteiger charge is 2.31. The highest BCUT2D eigenvalue weighted by molar-refractivity contribution is 5.88. The van der Waals surface area contributed by atoms with Crippen molar-refractivity contribution < 1.29 is 23.1 Å². The summed E-state index contributed by atoms with van der Waals surface area (Å²) in [5.74, 6) is 0.0718. The molecule has 0 bridgehead atoms. The van der Waals surface area contributed by atoms with Crippen LogP contribution < -0.4 is 10.6 Å². The summed E-state index contributed by atoms with van der Waals surface area (Å²) in [4.78, 5) is 12.5. The van der Waals surface area contributed by atoms with Gasteiger partial charge in [0.25, 0.3) is 0 Å². The zero-order chi connectivity index (χ0) is 23.7. The minimum absolute atomic E-state index is 0.0441. The number of nitrogens with one attached hydrogen (secondary N) is 2. The molecule has 0 radical (unpaired) electrons. The summed E-state index contributed by atoms with van der Waals surface area (Å²) in [6.07, 6.45) is -4.55. The molecule has 0 saturated carbocycles. The van der Waals surface area contributed by atoms with Crippen molar-refractivity contribution >= 4 is 11.8 Å². The van der Waals surface area contributed by atoms with Gasteiger partial charge >= 0.3 is 12.2 Å². The van der Waals surface area contributed by atoms with Gasteiger partial charge in [0, 0.05) is 23.6 Å². The zero-order valence-electron chi connectivity index (χ0n) is 18.2. The topological polar surface area (TPSA) is 79.2 Å². The number of anilines is 1. The number of aryl methyl sites for hydroxylation is 1. The van der Waals surface area contributed by atoms with E-state index in [4.69, 9.17) is 0 Å². The Hall–Kier alpha value is -3.49. The highest BCUT2D eigenvalue weighted by Crippen LogP contribution is 2.32. The van der Waals surface area contributed by atoms with Gasteiger partial charge in [-0.3, -0.25) is 5.32 Å². The Kier molecular flexibility index (Phi) is 6.20. The molecule has 1 aromatic heterocycles. The van der Waals surface area contributed by atoms with E-state index in [1.165, 1.54) is 0 Å². The average Bonchev–Trinajstić information content (AvgIpc) is 3.11. The first kappa shape index (κ1) is 23.2. The molecular weight excluding hydrogens is 421 g/mol. The van der Waals surface area contributed by atoms with Gasteiger partial charge in [0.1, 0.15) is 11.6 Å². The van der Waals surface area contributed by atoms with E-state index in [1.54, 1.807) is 10.7 Å². The van der Waals surface area contributed by atoms with Crippen molar-refractivity contribution in [2.75, 3.05) is 5.32 Å². The highest BCUT2D eigenvalue weighted by atomic mass is 19.4. The van der Waals surface area contributed by atoms with Gasteiger partial charge in [-0.1, -0.05) is 38.5 Å². The number of aromatic nitrogens is 2. The number of carbonyl (C=O) groups excluding carboxylic acids is 1. The normalized spacial score (nSPS) is 12.0. The van der Waals surface area contributed by atoms with Gasteiger partial charge < -0.3 is 10.4 Å². The molecule has 6 nitrogen and oxygen atoms in total. The summed E-state index contributed by atoms with van der Waals surface area (Å²) in [7, 11) is 0. The van der Waals surface area contributed by atoms with E-state index in [2.05, 4.69) is 15.7 Å². The van der Waals surface area contributed by atoms with Gasteiger partial charge in [0.15, 0.2) is 0 Å². The Morgan fingerprint density at radius 2 is 1.72 bits per heavy atom. The molecule has 0 saturated heterocycles. The van der Waals surface area contributed by atoms with Crippen molar-refractivity contribution in [1.82, 2.24) is 15.1 Å². The molecule has 0 spiro atoms. The second-order valence-corrected chi connectivity index (χ2v) is 8.56. The third-order valence-electron chi connectivity index (χ3n) is 4.84. The predicted molar refractivity (Wildman–Crippen MR) is 116 cm³/mol. The van der Waals surface area contributed by atoms with E-state index in [0.29, 0.717) is 5.82 Å². The molecule has 9 heteroatoms. The number of rotatable bonds is 4. The van der Waals surface area contributed by atoms with Crippen LogP contribution in [0.25, 0.3) is 5.69 Å². The van der Waals surface area contributed by atoms with Crippen LogP contribution >= 0.6 is 0 Å². The van der Waals surface area contributed by atoms with E-state index < -0.39 is 17.8 Å². The summed E-state index contributed by atoms with van der Waals surface area (Å²) in [6, 6.07) is 11.3. The molecule has 0 aliphatic rings. The van der Waals surface area contributed by atoms with Crippen molar-refractivity contribution in [3.8, 4) is 11.4 Å². The third-order valence-corrected chi connectivity index (χ3v) is 4.84. The Morgan fingerprint density at radius 1 is 1.06 bits per heavy atom. The molecule has 32 heavy (non-hydrogen) atoms. The van der Waals surface area contributed by atoms with Crippen molar-refractivity contribution in [1.29, 1.82) is 0 Å². The van der Waals surface area contributed by atoms with Crippen molar-refractivity contribution in [2.24, 2.45) is 0 Å². The molecule has 3 N–H and O–H groups in total. The number of benzene rings is 2. The lowest BCUT2D eigenvalue weighted by atomic mass is 9.92. The summed E-state index contributed by atoms with van der Waals surface area (Å²) in [6.45, 7) is 7.66. The van der Waals surface area contributed by atoms with Crippen LogP contribution in [0.5, 0.6) is 5.75 Å². The number of nitrogens with zero attached hydrogens (tertiary/aromatic N) is 2. The van der Waals surface area contributed by atoms with E-state index in [-0.39, 0.29) is 23.3 Å². The number of hydrogen-bond donors (Lipinski definition) is 3. The minimum atomic E-state index is -4.55. The molecule has 1 heterocycles. The Balaban J connectivity index is 1.80. The first-order valence-electron chi connectivity index (χ1n) is 9.96. The van der Waals surface area contributed by atoms with Crippen LogP contribution in [0.3, 0.4) is 0 Å². The molecule has 0 unspecified atom stereocenters. The fourth-order valence-corrected chi connectivity index (χ4v) is 2.96. The molecule has 170 valence electrons. The Labute approximate surface area is 184 Å². The summed E-state index contributed by atoms with van der Waals surface area (Å²) in [5, 5.41) is 19.7. The van der Waals surface area contributed by atoms with Crippen LogP contribution in [0, 0.1) is 6.92 Å². The minimum Gasteiger partial charge on any atom is -0.508 e. The number of amides is 2. The number of aromatic hydroxyl groups is 1. The quantitative estimate of drug-likeness (QED) is 0.493. The lowest BCUT2D eigenvalue weighted by Crippen LogP contribution is -2.29. The first-order chi connectivity index (χ1) is 14.8. The van der Waals surface area contributed by atoms with Crippen LogP contribution in [-0.2, 0) is 18.1 Å². The van der Waals surface area contributed by atoms with E-state index in [9.17, 15) is 23.1 Å². The van der Waals surface area contributed by atoms with Crippen LogP contribution in [-0.4, -0.2) is 20.9 Å². The number of alkyl halides is 3. The second-order valence-electron chi connectivity index (χ2n) is 8.56. The number of halogens is 3. The molecule has 0 fully saturated rings. The van der Waals surface area contributed by atoms with E-state index in [0.717, 1.165) is 35.1 Å². The summed E-state index contributed by atoms with van der Waals surface area (Å²) < 4.78 is 40.4. The lowest BCUT2D eigenvalue weighted by molar-refractivity contribution is -0.137. The Morgan fingerprint density at radius 3 is 2.31 bits per heavy atom. The largest absolute Gasteiger partial charge is 0.508 e. The van der Waals surface area contributed by atoms with E-state index >= 15 is 0 Å². The van der Waals surface area contributed by atoms with Gasteiger partial charge in [-0.15, -0.1) is 0 Å². The second kappa shape index (κ2) is 8.57. The third kappa shape index (κ3) is 5.40. The number of carbonyl (C=O) groups is 1. The lowest BCUT2D eigenvalue weighted by Gasteiger charge is -2.14. The van der Waals surface area contributed by atoms with Gasteiger partial charge in [-0.2, -0.15) is 18.3 Å². The molecule has 0 atom stereocenters. The molecule has 3 rings (SSSR count). The SMILES string of the molecule is Cc1ccc(-n2nc(C(C)(C)C)cc2NC(=O)NCc2cc(C(F)(F)F)ccc2O)cc1. The van der Waals surface area contributed by atoms with Crippen LogP contribution in [0.2, 0.25) is 0 Å². The Bertz CT molecular complexity index is 1110. The van der Waals surface area contributed by atoms with Gasteiger partial charge in [-0.25, -0.2) is 9.48 Å². The van der Waals surface area contributed by atoms with Crippen molar-refractivity contribution in [3.05, 3.63) is 70.9 Å². The van der Waals surface area contributed by atoms with Crippen molar-refractivity contribution in [3.63, 3.8) is 0 Å². The predicted octanol–water partition coefficient (Wildman–Crippen LogP) is 5.52. The fraction of sp³-hybridized carbons (Fsp3) is 0.304. The molecule has 0 aliphatic carbocycles. The van der Waals surface area contributed by atoms with Gasteiger partial charge in [0.05, 0.1) is 16.9 Å². The standard InChI is InChI=1S/C23H25F3N4O2/c1-14-5-8-17(9-6-14)30-20(12-19(29-30)22(2,3)4)28-21(32)27-13-15-11-16(23(24,25)26)7-10-18(15)31/h5-12,31H,13H2,1-4H3,(H2,27,28,32). The molecular formula is C23H25F3N4O2. The molecule has 2 aromatic carbocycles. The maximum Gasteiger partial charge on any atom is 0.416 e. The monoisotopic (exact) mass is 446 g/mol. The smallest absolute Gasteiger partial charge is 0.416 e. The van der Waals surface area contributed by atoms with Crippen LogP contribution in [0.1, 0.15) is 43.2 Å². The van der Waals surface area contributed by atoms with Crippen molar-refractivity contribution in [2.45, 2.75) is 45.8 Å². The maximum atomic E-state index is 12.9. The van der Waals surface area contributed by atoms with E-state index in [1.807, 2.05) is 52.0 Å². The average molecular weight is 446 g/mol. The number of hydrogen-bond acceptors (Lipinski definition) is 3. The molecule has 3 aromatic rings. The zero-order valence-corrected chi connectivity index (χ0v) is 18.2. The summed E-state index contributed by atoms with van der Waals surface area (Å²) in [5.41, 5.74) is 1.36. The van der Waals surface area contributed by atoms with Gasteiger partial charge in [-0.05, 0) is 37.3 Å². The van der Waals surface area contributed by atoms with Gasteiger partial charge in [0.2, 0.25) is 0 Å². The van der Waals surface area contributed by atoms with Crippen LogP contribution in [0.4, 0.5) is 23.8 Å². The first-order valence-corrected chi connectivity index (χ1v) is 9.96. The molecule has 0 aliphatic heterocycles. The number of phenols is 1. The summed E-state index contributed by atoms with van der Waals surface area (Å²) >= 11 is 0. The van der Waals surface area contributed by atoms with Crippen LogP contribution in [0.15, 0.2) is 48.5 Å². The number of phenolic OH excluding ortho intramolecular Hbond substituents is 1.